The summed E-state index contributed by atoms with van der Waals surface area (Å²) in [5.74, 6) is 1.47. The third-order valence-corrected chi connectivity index (χ3v) is 4.15. The fourth-order valence-electron chi connectivity index (χ4n) is 3.01. The Morgan fingerprint density at radius 3 is 3.15 bits per heavy atom. The van der Waals surface area contributed by atoms with Gasteiger partial charge in [0.05, 0.1) is 6.61 Å². The maximum atomic E-state index is 11.6. The van der Waals surface area contributed by atoms with Gasteiger partial charge in [-0.2, -0.15) is 0 Å². The summed E-state index contributed by atoms with van der Waals surface area (Å²) in [5.41, 5.74) is 1.21. The molecule has 2 atom stereocenters. The van der Waals surface area contributed by atoms with Crippen LogP contribution in [0.15, 0.2) is 18.3 Å². The molecule has 3 rings (SSSR count). The van der Waals surface area contributed by atoms with E-state index in [0.29, 0.717) is 12.5 Å². The Balaban J connectivity index is 1.49. The van der Waals surface area contributed by atoms with Gasteiger partial charge in [-0.3, -0.25) is 9.69 Å². The number of hydrogen-bond acceptors (Lipinski definition) is 5. The molecule has 0 radical (unpaired) electrons. The average molecular weight is 275 g/mol. The zero-order valence-electron chi connectivity index (χ0n) is 11.8. The molecule has 0 bridgehead atoms. The molecule has 2 aliphatic heterocycles. The van der Waals surface area contributed by atoms with Gasteiger partial charge in [0.2, 0.25) is 0 Å². The Kier molecular flexibility index (Phi) is 3.87. The minimum absolute atomic E-state index is 0.00269. The van der Waals surface area contributed by atoms with Gasteiger partial charge < -0.3 is 10.1 Å². The first-order valence-corrected chi connectivity index (χ1v) is 7.29. The number of esters is 1. The number of ether oxygens (including phenoxy) is 1. The molecule has 0 aromatic carbocycles. The average Bonchev–Trinajstić information content (AvgIpc) is 3.05. The molecule has 1 aromatic heterocycles. The fourth-order valence-corrected chi connectivity index (χ4v) is 3.01. The van der Waals surface area contributed by atoms with Crippen molar-refractivity contribution in [3.8, 4) is 0 Å². The SMILES string of the molecule is Cc1ccnc(NC[C@H]2CCN([C@@H]3CCOC3=O)C2)c1. The van der Waals surface area contributed by atoms with Crippen LogP contribution in [0.4, 0.5) is 5.82 Å². The number of carbonyl (C=O) groups is 1. The van der Waals surface area contributed by atoms with E-state index in [0.717, 1.165) is 38.3 Å². The standard InChI is InChI=1S/C15H21N3O2/c1-11-2-5-16-14(8-11)17-9-12-3-6-18(10-12)13-4-7-20-15(13)19/h2,5,8,12-13H,3-4,6-7,9-10H2,1H3,(H,16,17)/t12-,13-/m1/s1. The quantitative estimate of drug-likeness (QED) is 0.843. The van der Waals surface area contributed by atoms with Gasteiger partial charge in [-0.25, -0.2) is 4.98 Å². The summed E-state index contributed by atoms with van der Waals surface area (Å²) in [6.07, 6.45) is 3.80. The van der Waals surface area contributed by atoms with Gasteiger partial charge in [0.25, 0.3) is 0 Å². The van der Waals surface area contributed by atoms with Crippen LogP contribution in [-0.2, 0) is 9.53 Å². The molecular weight excluding hydrogens is 254 g/mol. The third kappa shape index (κ3) is 2.93. The Hall–Kier alpha value is -1.62. The lowest BCUT2D eigenvalue weighted by molar-refractivity contribution is -0.142. The van der Waals surface area contributed by atoms with Crippen LogP contribution in [0.2, 0.25) is 0 Å². The highest BCUT2D eigenvalue weighted by Crippen LogP contribution is 2.23. The van der Waals surface area contributed by atoms with E-state index in [1.807, 2.05) is 12.3 Å². The van der Waals surface area contributed by atoms with Gasteiger partial charge in [0.1, 0.15) is 11.9 Å². The summed E-state index contributed by atoms with van der Waals surface area (Å²) in [4.78, 5) is 18.2. The largest absolute Gasteiger partial charge is 0.464 e. The van der Waals surface area contributed by atoms with E-state index in [4.69, 9.17) is 4.74 Å². The van der Waals surface area contributed by atoms with Crippen molar-refractivity contribution in [3.05, 3.63) is 23.9 Å². The van der Waals surface area contributed by atoms with E-state index >= 15 is 0 Å². The number of carbonyl (C=O) groups excluding carboxylic acids is 1. The molecule has 0 saturated carbocycles. The van der Waals surface area contributed by atoms with E-state index in [9.17, 15) is 4.79 Å². The first-order valence-electron chi connectivity index (χ1n) is 7.29. The number of nitrogens with one attached hydrogen (secondary N) is 1. The third-order valence-electron chi connectivity index (χ3n) is 4.15. The van der Waals surface area contributed by atoms with Crippen molar-refractivity contribution in [2.45, 2.75) is 25.8 Å². The van der Waals surface area contributed by atoms with Gasteiger partial charge in [-0.15, -0.1) is 0 Å². The summed E-state index contributed by atoms with van der Waals surface area (Å²) in [7, 11) is 0. The van der Waals surface area contributed by atoms with E-state index in [1.165, 1.54) is 5.56 Å². The smallest absolute Gasteiger partial charge is 0.323 e. The molecule has 2 fully saturated rings. The van der Waals surface area contributed by atoms with E-state index in [-0.39, 0.29) is 12.0 Å². The zero-order valence-corrected chi connectivity index (χ0v) is 11.8. The normalized spacial score (nSPS) is 26.8. The Morgan fingerprint density at radius 2 is 2.40 bits per heavy atom. The Bertz CT molecular complexity index is 492. The van der Waals surface area contributed by atoms with Crippen LogP contribution in [0.3, 0.4) is 0 Å². The highest BCUT2D eigenvalue weighted by Gasteiger charge is 2.36. The molecule has 5 nitrogen and oxygen atoms in total. The van der Waals surface area contributed by atoms with Crippen molar-refractivity contribution >= 4 is 11.8 Å². The minimum Gasteiger partial charge on any atom is -0.464 e. The molecule has 5 heteroatoms. The predicted octanol–water partition coefficient (Wildman–Crippen LogP) is 1.44. The van der Waals surface area contributed by atoms with Crippen LogP contribution in [0.5, 0.6) is 0 Å². The van der Waals surface area contributed by atoms with Crippen molar-refractivity contribution in [2.24, 2.45) is 5.92 Å². The number of anilines is 1. The molecule has 0 amide bonds. The lowest BCUT2D eigenvalue weighted by Crippen LogP contribution is -2.37. The second-order valence-corrected chi connectivity index (χ2v) is 5.72. The molecule has 2 saturated heterocycles. The monoisotopic (exact) mass is 275 g/mol. The van der Waals surface area contributed by atoms with Crippen molar-refractivity contribution in [2.75, 3.05) is 31.6 Å². The Morgan fingerprint density at radius 1 is 1.50 bits per heavy atom. The number of likely N-dealkylation sites (tertiary alicyclic amines) is 1. The van der Waals surface area contributed by atoms with Crippen LogP contribution >= 0.6 is 0 Å². The van der Waals surface area contributed by atoms with Gasteiger partial charge in [-0.05, 0) is 43.5 Å². The molecule has 0 aliphatic carbocycles. The lowest BCUT2D eigenvalue weighted by atomic mass is 10.1. The number of hydrogen-bond donors (Lipinski definition) is 1. The van der Waals surface area contributed by atoms with Gasteiger partial charge in [0.15, 0.2) is 0 Å². The highest BCUT2D eigenvalue weighted by molar-refractivity contribution is 5.77. The van der Waals surface area contributed by atoms with E-state index in [2.05, 4.69) is 28.2 Å². The van der Waals surface area contributed by atoms with Crippen molar-refractivity contribution < 1.29 is 9.53 Å². The number of cyclic esters (lactones) is 1. The van der Waals surface area contributed by atoms with E-state index < -0.39 is 0 Å². The topological polar surface area (TPSA) is 54.5 Å². The number of aryl methyl sites for hydroxylation is 1. The summed E-state index contributed by atoms with van der Waals surface area (Å²) in [5, 5.41) is 3.40. The molecule has 2 aliphatic rings. The second-order valence-electron chi connectivity index (χ2n) is 5.72. The molecule has 3 heterocycles. The van der Waals surface area contributed by atoms with Crippen molar-refractivity contribution in [3.63, 3.8) is 0 Å². The van der Waals surface area contributed by atoms with Crippen LogP contribution in [0.25, 0.3) is 0 Å². The molecule has 108 valence electrons. The van der Waals surface area contributed by atoms with Gasteiger partial charge in [-0.1, -0.05) is 0 Å². The molecule has 0 unspecified atom stereocenters. The van der Waals surface area contributed by atoms with E-state index in [1.54, 1.807) is 0 Å². The zero-order chi connectivity index (χ0) is 13.9. The predicted molar refractivity (Wildman–Crippen MR) is 76.5 cm³/mol. The summed E-state index contributed by atoms with van der Waals surface area (Å²) in [6.45, 7) is 5.52. The molecule has 1 N–H and O–H groups in total. The van der Waals surface area contributed by atoms with Gasteiger partial charge in [0, 0.05) is 25.7 Å². The van der Waals surface area contributed by atoms with Crippen LogP contribution in [-0.4, -0.2) is 48.1 Å². The summed E-state index contributed by atoms with van der Waals surface area (Å²) >= 11 is 0. The highest BCUT2D eigenvalue weighted by atomic mass is 16.5. The number of pyridine rings is 1. The molecule has 20 heavy (non-hydrogen) atoms. The van der Waals surface area contributed by atoms with Crippen LogP contribution < -0.4 is 5.32 Å². The second kappa shape index (κ2) is 5.79. The van der Waals surface area contributed by atoms with Crippen LogP contribution in [0.1, 0.15) is 18.4 Å². The summed E-state index contributed by atoms with van der Waals surface area (Å²) < 4.78 is 5.05. The Labute approximate surface area is 119 Å². The first-order chi connectivity index (χ1) is 9.72. The maximum Gasteiger partial charge on any atom is 0.323 e. The lowest BCUT2D eigenvalue weighted by Gasteiger charge is -2.20. The number of rotatable bonds is 4. The molecule has 1 aromatic rings. The summed E-state index contributed by atoms with van der Waals surface area (Å²) in [6, 6.07) is 4.05. The maximum absolute atomic E-state index is 11.6. The number of aromatic nitrogens is 1. The van der Waals surface area contributed by atoms with Crippen molar-refractivity contribution in [1.82, 2.24) is 9.88 Å². The van der Waals surface area contributed by atoms with Crippen LogP contribution in [0, 0.1) is 12.8 Å². The first kappa shape index (κ1) is 13.4. The number of nitrogens with zero attached hydrogens (tertiary/aromatic N) is 2. The molecule has 0 spiro atoms. The molecular formula is C15H21N3O2. The van der Waals surface area contributed by atoms with Crippen molar-refractivity contribution in [1.29, 1.82) is 0 Å². The van der Waals surface area contributed by atoms with Gasteiger partial charge >= 0.3 is 5.97 Å². The fraction of sp³-hybridized carbons (Fsp3) is 0.600. The minimum atomic E-state index is -0.0426.